The van der Waals surface area contributed by atoms with Gasteiger partial charge in [0.2, 0.25) is 0 Å². The van der Waals surface area contributed by atoms with E-state index in [4.69, 9.17) is 9.84 Å². The fourth-order valence-corrected chi connectivity index (χ4v) is 2.25. The first kappa shape index (κ1) is 16.4. The molecule has 1 aromatic carbocycles. The summed E-state index contributed by atoms with van der Waals surface area (Å²) in [5.74, 6) is 1.47. The topological polar surface area (TPSA) is 55.2 Å². The van der Waals surface area contributed by atoms with Gasteiger partial charge in [-0.25, -0.2) is 9.97 Å². The Morgan fingerprint density at radius 2 is 1.73 bits per heavy atom. The standard InChI is InChI=1S/C18H24N2O2/c1-2-3-4-5-6-15-13-19-18(20-14-15)16-7-9-17(10-8-16)22-12-11-21/h7-10,13-14,21H,2-6,11-12H2,1H3. The minimum Gasteiger partial charge on any atom is -0.491 e. The molecule has 0 atom stereocenters. The Morgan fingerprint density at radius 3 is 2.36 bits per heavy atom. The van der Waals surface area contributed by atoms with E-state index < -0.39 is 0 Å². The van der Waals surface area contributed by atoms with E-state index in [0.29, 0.717) is 6.61 Å². The van der Waals surface area contributed by atoms with Gasteiger partial charge in [0.25, 0.3) is 0 Å². The predicted octanol–water partition coefficient (Wildman–Crippen LogP) is 3.64. The number of aliphatic hydroxyl groups is 1. The Labute approximate surface area is 132 Å². The van der Waals surface area contributed by atoms with Crippen molar-refractivity contribution in [2.75, 3.05) is 13.2 Å². The molecule has 2 aromatic rings. The van der Waals surface area contributed by atoms with Crippen molar-refractivity contribution in [1.82, 2.24) is 9.97 Å². The van der Waals surface area contributed by atoms with Gasteiger partial charge < -0.3 is 9.84 Å². The van der Waals surface area contributed by atoms with Crippen LogP contribution in [-0.2, 0) is 6.42 Å². The summed E-state index contributed by atoms with van der Waals surface area (Å²) in [7, 11) is 0. The average molecular weight is 300 g/mol. The molecule has 0 spiro atoms. The molecule has 0 aliphatic rings. The van der Waals surface area contributed by atoms with Crippen molar-refractivity contribution in [2.45, 2.75) is 39.0 Å². The molecule has 1 aromatic heterocycles. The lowest BCUT2D eigenvalue weighted by molar-refractivity contribution is 0.201. The van der Waals surface area contributed by atoms with E-state index in [0.717, 1.165) is 23.6 Å². The highest BCUT2D eigenvalue weighted by molar-refractivity contribution is 5.55. The molecular formula is C18H24N2O2. The van der Waals surface area contributed by atoms with Crippen molar-refractivity contribution in [3.05, 3.63) is 42.2 Å². The molecule has 2 rings (SSSR count). The Kier molecular flexibility index (Phi) is 6.84. The van der Waals surface area contributed by atoms with Gasteiger partial charge in [0.1, 0.15) is 12.4 Å². The van der Waals surface area contributed by atoms with E-state index in [1.54, 1.807) is 0 Å². The van der Waals surface area contributed by atoms with Crippen molar-refractivity contribution in [1.29, 1.82) is 0 Å². The summed E-state index contributed by atoms with van der Waals surface area (Å²) in [5, 5.41) is 8.73. The first-order valence-electron chi connectivity index (χ1n) is 7.98. The SMILES string of the molecule is CCCCCCc1cnc(-c2ccc(OCCO)cc2)nc1. The van der Waals surface area contributed by atoms with E-state index in [2.05, 4.69) is 16.9 Å². The summed E-state index contributed by atoms with van der Waals surface area (Å²) in [4.78, 5) is 8.90. The maximum Gasteiger partial charge on any atom is 0.159 e. The first-order chi connectivity index (χ1) is 10.8. The molecule has 0 bridgehead atoms. The van der Waals surface area contributed by atoms with Crippen molar-refractivity contribution in [2.24, 2.45) is 0 Å². The fourth-order valence-electron chi connectivity index (χ4n) is 2.25. The molecule has 0 fully saturated rings. The molecule has 4 nitrogen and oxygen atoms in total. The molecule has 1 N–H and O–H groups in total. The number of aryl methyl sites for hydroxylation is 1. The number of unbranched alkanes of at least 4 members (excludes halogenated alkanes) is 3. The fraction of sp³-hybridized carbons (Fsp3) is 0.444. The van der Waals surface area contributed by atoms with Crippen LogP contribution in [0.4, 0.5) is 0 Å². The highest BCUT2D eigenvalue weighted by Gasteiger charge is 2.02. The van der Waals surface area contributed by atoms with Gasteiger partial charge in [-0.15, -0.1) is 0 Å². The molecular weight excluding hydrogens is 276 g/mol. The smallest absolute Gasteiger partial charge is 0.159 e. The molecule has 0 aliphatic heterocycles. The van der Waals surface area contributed by atoms with Crippen LogP contribution < -0.4 is 4.74 Å². The van der Waals surface area contributed by atoms with Crippen molar-refractivity contribution in [3.8, 4) is 17.1 Å². The summed E-state index contributed by atoms with van der Waals surface area (Å²) in [6.45, 7) is 2.55. The van der Waals surface area contributed by atoms with E-state index in [1.165, 1.54) is 31.2 Å². The minimum absolute atomic E-state index is 0.0184. The third-order valence-corrected chi connectivity index (χ3v) is 3.50. The van der Waals surface area contributed by atoms with Gasteiger partial charge in [-0.2, -0.15) is 0 Å². The average Bonchev–Trinajstić information content (AvgIpc) is 2.58. The van der Waals surface area contributed by atoms with Gasteiger partial charge >= 0.3 is 0 Å². The van der Waals surface area contributed by atoms with E-state index >= 15 is 0 Å². The van der Waals surface area contributed by atoms with Crippen LogP contribution in [0.5, 0.6) is 5.75 Å². The van der Waals surface area contributed by atoms with Crippen LogP contribution in [0.2, 0.25) is 0 Å². The zero-order valence-electron chi connectivity index (χ0n) is 13.2. The molecule has 0 unspecified atom stereocenters. The van der Waals surface area contributed by atoms with Crippen LogP contribution in [-0.4, -0.2) is 28.3 Å². The Hall–Kier alpha value is -1.94. The number of benzene rings is 1. The normalized spacial score (nSPS) is 10.6. The second-order valence-electron chi connectivity index (χ2n) is 5.32. The molecule has 0 saturated carbocycles. The number of rotatable bonds is 9. The van der Waals surface area contributed by atoms with Crippen LogP contribution in [0, 0.1) is 0 Å². The predicted molar refractivity (Wildman–Crippen MR) is 87.9 cm³/mol. The number of hydrogen-bond acceptors (Lipinski definition) is 4. The zero-order chi connectivity index (χ0) is 15.6. The maximum absolute atomic E-state index is 8.73. The first-order valence-corrected chi connectivity index (χ1v) is 7.98. The monoisotopic (exact) mass is 300 g/mol. The number of hydrogen-bond donors (Lipinski definition) is 1. The molecule has 0 amide bonds. The van der Waals surface area contributed by atoms with Crippen molar-refractivity contribution < 1.29 is 9.84 Å². The van der Waals surface area contributed by atoms with E-state index in [9.17, 15) is 0 Å². The van der Waals surface area contributed by atoms with Crippen LogP contribution in [0.25, 0.3) is 11.4 Å². The lowest BCUT2D eigenvalue weighted by atomic mass is 10.1. The Morgan fingerprint density at radius 1 is 1.00 bits per heavy atom. The molecule has 0 radical (unpaired) electrons. The summed E-state index contributed by atoms with van der Waals surface area (Å²) in [5.41, 5.74) is 2.16. The third kappa shape index (κ3) is 5.11. The molecule has 22 heavy (non-hydrogen) atoms. The van der Waals surface area contributed by atoms with E-state index in [1.807, 2.05) is 36.7 Å². The number of aliphatic hydroxyl groups excluding tert-OH is 1. The van der Waals surface area contributed by atoms with Gasteiger partial charge in [-0.3, -0.25) is 0 Å². The number of ether oxygens (including phenoxy) is 1. The summed E-state index contributed by atoms with van der Waals surface area (Å²) < 4.78 is 5.34. The highest BCUT2D eigenvalue weighted by Crippen LogP contribution is 2.19. The molecule has 0 saturated heterocycles. The lowest BCUT2D eigenvalue weighted by Crippen LogP contribution is -2.01. The number of nitrogens with zero attached hydrogens (tertiary/aromatic N) is 2. The van der Waals surface area contributed by atoms with Gasteiger partial charge in [-0.05, 0) is 42.7 Å². The zero-order valence-corrected chi connectivity index (χ0v) is 13.2. The van der Waals surface area contributed by atoms with Crippen LogP contribution in [0.1, 0.15) is 38.2 Å². The lowest BCUT2D eigenvalue weighted by Gasteiger charge is -2.06. The van der Waals surface area contributed by atoms with Crippen molar-refractivity contribution >= 4 is 0 Å². The summed E-state index contributed by atoms with van der Waals surface area (Å²) in [6, 6.07) is 7.60. The third-order valence-electron chi connectivity index (χ3n) is 3.50. The molecule has 4 heteroatoms. The maximum atomic E-state index is 8.73. The van der Waals surface area contributed by atoms with Gasteiger partial charge in [0, 0.05) is 18.0 Å². The van der Waals surface area contributed by atoms with Crippen molar-refractivity contribution in [3.63, 3.8) is 0 Å². The highest BCUT2D eigenvalue weighted by atomic mass is 16.5. The Bertz CT molecular complexity index is 538. The van der Waals surface area contributed by atoms with Crippen LogP contribution >= 0.6 is 0 Å². The number of aromatic nitrogens is 2. The largest absolute Gasteiger partial charge is 0.491 e. The van der Waals surface area contributed by atoms with Gasteiger partial charge in [0.05, 0.1) is 6.61 Å². The molecule has 118 valence electrons. The van der Waals surface area contributed by atoms with E-state index in [-0.39, 0.29) is 6.61 Å². The van der Waals surface area contributed by atoms with Gasteiger partial charge in [-0.1, -0.05) is 26.2 Å². The minimum atomic E-state index is 0.0184. The van der Waals surface area contributed by atoms with Crippen LogP contribution in [0.3, 0.4) is 0 Å². The summed E-state index contributed by atoms with van der Waals surface area (Å²) in [6.07, 6.45) is 9.92. The molecule has 0 aliphatic carbocycles. The second-order valence-corrected chi connectivity index (χ2v) is 5.32. The molecule has 1 heterocycles. The second kappa shape index (κ2) is 9.15. The van der Waals surface area contributed by atoms with Crippen LogP contribution in [0.15, 0.2) is 36.7 Å². The summed E-state index contributed by atoms with van der Waals surface area (Å²) >= 11 is 0. The van der Waals surface area contributed by atoms with Gasteiger partial charge in [0.15, 0.2) is 5.82 Å². The quantitative estimate of drug-likeness (QED) is 0.718. The Balaban J connectivity index is 1.92.